The lowest BCUT2D eigenvalue weighted by Gasteiger charge is -2.10. The van der Waals surface area contributed by atoms with Crippen LogP contribution in [0.1, 0.15) is 15.9 Å². The van der Waals surface area contributed by atoms with Crippen LogP contribution in [0.2, 0.25) is 0 Å². The predicted molar refractivity (Wildman–Crippen MR) is 69.0 cm³/mol. The Labute approximate surface area is 110 Å². The highest BCUT2D eigenvalue weighted by atomic mass is 16.5. The van der Waals surface area contributed by atoms with E-state index in [0.717, 1.165) is 5.56 Å². The Hall–Kier alpha value is -2.56. The normalized spacial score (nSPS) is 10.0. The molecule has 0 spiro atoms. The van der Waals surface area contributed by atoms with Gasteiger partial charge in [-0.1, -0.05) is 6.07 Å². The van der Waals surface area contributed by atoms with Crippen LogP contribution in [-0.4, -0.2) is 23.2 Å². The second-order valence-corrected chi connectivity index (χ2v) is 3.92. The monoisotopic (exact) mass is 259 g/mol. The van der Waals surface area contributed by atoms with Gasteiger partial charge in [0.25, 0.3) is 0 Å². The molecule has 0 bridgehead atoms. The smallest absolute Gasteiger partial charge is 0.335 e. The lowest BCUT2D eigenvalue weighted by Crippen LogP contribution is -1.98. The average molecular weight is 259 g/mol. The Kier molecular flexibility index (Phi) is 3.66. The van der Waals surface area contributed by atoms with Gasteiger partial charge in [0.05, 0.1) is 12.7 Å². The van der Waals surface area contributed by atoms with Crippen molar-refractivity contribution in [3.05, 3.63) is 47.7 Å². The molecule has 0 atom stereocenters. The average Bonchev–Trinajstić information content (AvgIpc) is 2.41. The first-order chi connectivity index (χ1) is 9.10. The fourth-order valence-corrected chi connectivity index (χ4v) is 1.54. The molecular formula is C14H13NO4. The molecule has 2 aromatic rings. The van der Waals surface area contributed by atoms with Crippen LogP contribution in [0.4, 0.5) is 0 Å². The van der Waals surface area contributed by atoms with E-state index < -0.39 is 5.97 Å². The number of carbonyl (C=O) groups is 1. The van der Waals surface area contributed by atoms with Crippen molar-refractivity contribution in [1.29, 1.82) is 0 Å². The van der Waals surface area contributed by atoms with Gasteiger partial charge in [0, 0.05) is 12.3 Å². The largest absolute Gasteiger partial charge is 0.481 e. The van der Waals surface area contributed by atoms with Gasteiger partial charge < -0.3 is 14.6 Å². The number of aryl methyl sites for hydroxylation is 1. The summed E-state index contributed by atoms with van der Waals surface area (Å²) in [6.07, 6.45) is 1.56. The first-order valence-electron chi connectivity index (χ1n) is 5.62. The second kappa shape index (κ2) is 5.39. The molecule has 1 aromatic carbocycles. The van der Waals surface area contributed by atoms with Crippen LogP contribution in [0, 0.1) is 6.92 Å². The van der Waals surface area contributed by atoms with Gasteiger partial charge in [-0.05, 0) is 30.7 Å². The van der Waals surface area contributed by atoms with Crippen molar-refractivity contribution in [2.75, 3.05) is 7.11 Å². The number of aromatic nitrogens is 1. The van der Waals surface area contributed by atoms with E-state index in [1.54, 1.807) is 24.4 Å². The second-order valence-electron chi connectivity index (χ2n) is 3.92. The lowest BCUT2D eigenvalue weighted by molar-refractivity contribution is 0.0696. The van der Waals surface area contributed by atoms with E-state index in [4.69, 9.17) is 14.6 Å². The van der Waals surface area contributed by atoms with Crippen molar-refractivity contribution in [3.63, 3.8) is 0 Å². The van der Waals surface area contributed by atoms with Crippen molar-refractivity contribution in [2.45, 2.75) is 6.92 Å². The van der Waals surface area contributed by atoms with Gasteiger partial charge in [-0.25, -0.2) is 9.78 Å². The third kappa shape index (κ3) is 3.01. The zero-order chi connectivity index (χ0) is 13.8. The number of rotatable bonds is 4. The lowest BCUT2D eigenvalue weighted by atomic mass is 10.1. The van der Waals surface area contributed by atoms with Gasteiger partial charge in [0.2, 0.25) is 5.88 Å². The first kappa shape index (κ1) is 12.9. The molecule has 2 rings (SSSR count). The summed E-state index contributed by atoms with van der Waals surface area (Å²) < 4.78 is 10.7. The summed E-state index contributed by atoms with van der Waals surface area (Å²) in [7, 11) is 1.52. The van der Waals surface area contributed by atoms with Crippen molar-refractivity contribution >= 4 is 5.97 Å². The van der Waals surface area contributed by atoms with Crippen molar-refractivity contribution in [1.82, 2.24) is 4.98 Å². The quantitative estimate of drug-likeness (QED) is 0.914. The van der Waals surface area contributed by atoms with E-state index in [-0.39, 0.29) is 5.56 Å². The summed E-state index contributed by atoms with van der Waals surface area (Å²) in [4.78, 5) is 14.9. The minimum atomic E-state index is -0.989. The molecule has 0 aliphatic carbocycles. The molecule has 98 valence electrons. The highest BCUT2D eigenvalue weighted by molar-refractivity contribution is 5.88. The van der Waals surface area contributed by atoms with E-state index in [0.29, 0.717) is 17.4 Å². The zero-order valence-corrected chi connectivity index (χ0v) is 10.6. The van der Waals surface area contributed by atoms with E-state index in [1.807, 2.05) is 6.92 Å². The number of carboxylic acids is 1. The SMILES string of the molecule is COc1cc(Oc2cc(C(=O)O)ccc2C)ccn1. The third-order valence-electron chi connectivity index (χ3n) is 2.58. The maximum absolute atomic E-state index is 10.9. The van der Waals surface area contributed by atoms with Gasteiger partial charge in [-0.2, -0.15) is 0 Å². The third-order valence-corrected chi connectivity index (χ3v) is 2.58. The number of carboxylic acid groups (broad SMARTS) is 1. The molecule has 1 heterocycles. The minimum absolute atomic E-state index is 0.182. The van der Waals surface area contributed by atoms with Crippen LogP contribution in [-0.2, 0) is 0 Å². The maximum atomic E-state index is 10.9. The number of ether oxygens (including phenoxy) is 2. The van der Waals surface area contributed by atoms with Gasteiger partial charge in [-0.3, -0.25) is 0 Å². The van der Waals surface area contributed by atoms with E-state index in [9.17, 15) is 4.79 Å². The van der Waals surface area contributed by atoms with Gasteiger partial charge >= 0.3 is 5.97 Å². The molecule has 0 aliphatic rings. The molecule has 1 aromatic heterocycles. The van der Waals surface area contributed by atoms with Crippen LogP contribution in [0.5, 0.6) is 17.4 Å². The minimum Gasteiger partial charge on any atom is -0.481 e. The molecule has 5 nitrogen and oxygen atoms in total. The summed E-state index contributed by atoms with van der Waals surface area (Å²) in [5.74, 6) is 0.479. The molecule has 19 heavy (non-hydrogen) atoms. The summed E-state index contributed by atoms with van der Waals surface area (Å²) in [6.45, 7) is 1.85. The van der Waals surface area contributed by atoms with Gasteiger partial charge in [0.15, 0.2) is 0 Å². The number of aromatic carboxylic acids is 1. The Bertz CT molecular complexity index is 610. The fraction of sp³-hybridized carbons (Fsp3) is 0.143. The fourth-order valence-electron chi connectivity index (χ4n) is 1.54. The molecule has 0 amide bonds. The highest BCUT2D eigenvalue weighted by Crippen LogP contribution is 2.27. The number of hydrogen-bond donors (Lipinski definition) is 1. The molecule has 0 saturated heterocycles. The van der Waals surface area contributed by atoms with Gasteiger partial charge in [0.1, 0.15) is 11.5 Å². The number of pyridine rings is 1. The molecular weight excluding hydrogens is 246 g/mol. The van der Waals surface area contributed by atoms with E-state index in [2.05, 4.69) is 4.98 Å². The first-order valence-corrected chi connectivity index (χ1v) is 5.62. The molecule has 0 fully saturated rings. The maximum Gasteiger partial charge on any atom is 0.335 e. The molecule has 1 N–H and O–H groups in total. The number of hydrogen-bond acceptors (Lipinski definition) is 4. The van der Waals surface area contributed by atoms with Crippen LogP contribution in [0.25, 0.3) is 0 Å². The summed E-state index contributed by atoms with van der Waals surface area (Å²) in [6, 6.07) is 8.04. The molecule has 5 heteroatoms. The van der Waals surface area contributed by atoms with E-state index >= 15 is 0 Å². The van der Waals surface area contributed by atoms with Crippen LogP contribution < -0.4 is 9.47 Å². The van der Waals surface area contributed by atoms with Crippen molar-refractivity contribution < 1.29 is 19.4 Å². The summed E-state index contributed by atoms with van der Waals surface area (Å²) in [5.41, 5.74) is 1.03. The Morgan fingerprint density at radius 2 is 2.05 bits per heavy atom. The summed E-state index contributed by atoms with van der Waals surface area (Å²) in [5, 5.41) is 8.96. The Balaban J connectivity index is 2.31. The molecule has 0 aliphatic heterocycles. The molecule has 0 saturated carbocycles. The molecule has 0 radical (unpaired) electrons. The van der Waals surface area contributed by atoms with Crippen LogP contribution in [0.3, 0.4) is 0 Å². The summed E-state index contributed by atoms with van der Waals surface area (Å²) >= 11 is 0. The highest BCUT2D eigenvalue weighted by Gasteiger charge is 2.08. The van der Waals surface area contributed by atoms with E-state index in [1.165, 1.54) is 19.2 Å². The Morgan fingerprint density at radius 1 is 1.26 bits per heavy atom. The van der Waals surface area contributed by atoms with Gasteiger partial charge in [-0.15, -0.1) is 0 Å². The zero-order valence-electron chi connectivity index (χ0n) is 10.6. The number of benzene rings is 1. The molecule has 0 unspecified atom stereocenters. The number of nitrogens with zero attached hydrogens (tertiary/aromatic N) is 1. The topological polar surface area (TPSA) is 68.7 Å². The van der Waals surface area contributed by atoms with Crippen molar-refractivity contribution in [3.8, 4) is 17.4 Å². The predicted octanol–water partition coefficient (Wildman–Crippen LogP) is 2.89. The van der Waals surface area contributed by atoms with Crippen LogP contribution >= 0.6 is 0 Å². The standard InChI is InChI=1S/C14H13NO4/c1-9-3-4-10(14(16)17)7-12(9)19-11-5-6-15-13(8-11)18-2/h3-8H,1-2H3,(H,16,17). The van der Waals surface area contributed by atoms with Crippen molar-refractivity contribution in [2.24, 2.45) is 0 Å². The van der Waals surface area contributed by atoms with Crippen LogP contribution in [0.15, 0.2) is 36.5 Å². The Morgan fingerprint density at radius 3 is 2.74 bits per heavy atom. The number of methoxy groups -OCH3 is 1.